The van der Waals surface area contributed by atoms with Gasteiger partial charge >= 0.3 is 0 Å². The van der Waals surface area contributed by atoms with Crippen LogP contribution in [0.1, 0.15) is 18.1 Å². The summed E-state index contributed by atoms with van der Waals surface area (Å²) in [4.78, 5) is 25.3. The Morgan fingerprint density at radius 2 is 1.90 bits per heavy atom. The number of ether oxygens (including phenoxy) is 2. The zero-order valence-corrected chi connectivity index (χ0v) is 16.9. The maximum atomic E-state index is 13.0. The number of nitrogens with one attached hydrogen (secondary N) is 1. The van der Waals surface area contributed by atoms with E-state index in [-0.39, 0.29) is 27.8 Å². The molecule has 29 heavy (non-hydrogen) atoms. The monoisotopic (exact) mass is 413 g/mol. The van der Waals surface area contributed by atoms with Gasteiger partial charge in [0.25, 0.3) is 11.6 Å². The lowest BCUT2D eigenvalue weighted by Crippen LogP contribution is -2.30. The highest BCUT2D eigenvalue weighted by molar-refractivity contribution is 7.80. The molecule has 1 N–H and O–H groups in total. The van der Waals surface area contributed by atoms with E-state index in [0.29, 0.717) is 11.4 Å². The summed E-state index contributed by atoms with van der Waals surface area (Å²) in [6.07, 6.45) is 2.20. The Kier molecular flexibility index (Phi) is 5.79. The number of nitrogens with zero attached hydrogens (tertiary/aromatic N) is 2. The second-order valence-corrected chi connectivity index (χ2v) is 6.56. The van der Waals surface area contributed by atoms with Gasteiger partial charge in [0.15, 0.2) is 16.6 Å². The first-order chi connectivity index (χ1) is 13.9. The number of rotatable bonds is 6. The molecule has 2 aromatic rings. The smallest absolute Gasteiger partial charge is 0.281 e. The van der Waals surface area contributed by atoms with Gasteiger partial charge in [-0.25, -0.2) is 0 Å². The van der Waals surface area contributed by atoms with Gasteiger partial charge in [0.2, 0.25) is 0 Å². The number of methoxy groups -OCH3 is 2. The van der Waals surface area contributed by atoms with Crippen molar-refractivity contribution >= 4 is 40.7 Å². The van der Waals surface area contributed by atoms with Gasteiger partial charge in [-0.15, -0.1) is 0 Å². The van der Waals surface area contributed by atoms with Crippen LogP contribution in [-0.4, -0.2) is 30.2 Å². The van der Waals surface area contributed by atoms with Gasteiger partial charge in [-0.3, -0.25) is 19.8 Å². The lowest BCUT2D eigenvalue weighted by Gasteiger charge is -2.14. The fraction of sp³-hybridized carbons (Fsp3) is 0.200. The Morgan fingerprint density at radius 3 is 2.52 bits per heavy atom. The molecule has 1 fully saturated rings. The maximum Gasteiger partial charge on any atom is 0.281 e. The third-order valence-electron chi connectivity index (χ3n) is 4.48. The average Bonchev–Trinajstić information content (AvgIpc) is 3.00. The van der Waals surface area contributed by atoms with Crippen molar-refractivity contribution in [2.75, 3.05) is 19.1 Å². The highest BCUT2D eigenvalue weighted by atomic mass is 32.1. The third kappa shape index (κ3) is 3.90. The van der Waals surface area contributed by atoms with Gasteiger partial charge in [0, 0.05) is 0 Å². The van der Waals surface area contributed by atoms with E-state index >= 15 is 0 Å². The van der Waals surface area contributed by atoms with Gasteiger partial charge < -0.3 is 14.8 Å². The molecule has 0 radical (unpaired) electrons. The van der Waals surface area contributed by atoms with Crippen LogP contribution in [0.3, 0.4) is 0 Å². The lowest BCUT2D eigenvalue weighted by molar-refractivity contribution is -0.385. The van der Waals surface area contributed by atoms with E-state index in [1.54, 1.807) is 6.07 Å². The number of thiocarbonyl (C=S) groups is 1. The summed E-state index contributed by atoms with van der Waals surface area (Å²) >= 11 is 5.32. The minimum Gasteiger partial charge on any atom is -0.493 e. The van der Waals surface area contributed by atoms with Crippen LogP contribution in [0.15, 0.2) is 42.1 Å². The van der Waals surface area contributed by atoms with Crippen molar-refractivity contribution in [2.24, 2.45) is 0 Å². The summed E-state index contributed by atoms with van der Waals surface area (Å²) in [5.41, 5.74) is 1.80. The molecule has 0 saturated carbocycles. The highest BCUT2D eigenvalue weighted by Crippen LogP contribution is 2.36. The Hall–Kier alpha value is -3.46. The molecule has 9 heteroatoms. The molecule has 1 heterocycles. The summed E-state index contributed by atoms with van der Waals surface area (Å²) in [7, 11) is 2.82. The Labute approximate surface area is 172 Å². The number of carbonyl (C=O) groups excluding carboxylic acids is 1. The lowest BCUT2D eigenvalue weighted by atomic mass is 10.1. The molecule has 0 aromatic heterocycles. The largest absolute Gasteiger partial charge is 0.493 e. The van der Waals surface area contributed by atoms with Crippen molar-refractivity contribution in [1.82, 2.24) is 5.32 Å². The van der Waals surface area contributed by atoms with Crippen molar-refractivity contribution in [3.8, 4) is 11.5 Å². The normalized spacial score (nSPS) is 14.9. The number of benzene rings is 2. The first-order valence-electron chi connectivity index (χ1n) is 8.76. The molecule has 1 aliphatic rings. The molecule has 2 aromatic carbocycles. The quantitative estimate of drug-likeness (QED) is 0.336. The van der Waals surface area contributed by atoms with Crippen LogP contribution in [0.4, 0.5) is 11.4 Å². The molecular formula is C20H19N3O5S. The van der Waals surface area contributed by atoms with E-state index in [1.165, 1.54) is 37.3 Å². The van der Waals surface area contributed by atoms with E-state index < -0.39 is 10.8 Å². The first-order valence-corrected chi connectivity index (χ1v) is 9.16. The van der Waals surface area contributed by atoms with Crippen LogP contribution < -0.4 is 19.7 Å². The number of hydrogen-bond donors (Lipinski definition) is 1. The van der Waals surface area contributed by atoms with Crippen molar-refractivity contribution < 1.29 is 19.2 Å². The Morgan fingerprint density at radius 1 is 1.21 bits per heavy atom. The van der Waals surface area contributed by atoms with Crippen molar-refractivity contribution in [1.29, 1.82) is 0 Å². The maximum absolute atomic E-state index is 13.0. The zero-order chi connectivity index (χ0) is 21.1. The number of nitro groups is 1. The highest BCUT2D eigenvalue weighted by Gasteiger charge is 2.33. The van der Waals surface area contributed by atoms with E-state index in [1.807, 2.05) is 25.1 Å². The van der Waals surface area contributed by atoms with E-state index in [4.69, 9.17) is 21.7 Å². The van der Waals surface area contributed by atoms with Gasteiger partial charge in [-0.05, 0) is 48.5 Å². The molecule has 1 aliphatic heterocycles. The number of aryl methyl sites for hydroxylation is 1. The fourth-order valence-corrected chi connectivity index (χ4v) is 3.30. The Balaban J connectivity index is 2.04. The van der Waals surface area contributed by atoms with Crippen LogP contribution in [-0.2, 0) is 11.2 Å². The minimum atomic E-state index is -0.547. The predicted octanol–water partition coefficient (Wildman–Crippen LogP) is 3.44. The summed E-state index contributed by atoms with van der Waals surface area (Å²) < 4.78 is 10.3. The predicted molar refractivity (Wildman–Crippen MR) is 113 cm³/mol. The van der Waals surface area contributed by atoms with E-state index in [9.17, 15) is 14.9 Å². The summed E-state index contributed by atoms with van der Waals surface area (Å²) in [6, 6.07) is 10.2. The number of hydrogen-bond acceptors (Lipinski definition) is 6. The molecule has 1 saturated heterocycles. The SMILES string of the molecule is CCc1cccc(N2C(=O)/C(=C\c3cc(OC)c(OC)cc3[N+](=O)[O-])NC2=S)c1. The zero-order valence-electron chi connectivity index (χ0n) is 16.1. The fourth-order valence-electron chi connectivity index (χ4n) is 3.00. The van der Waals surface area contributed by atoms with E-state index in [0.717, 1.165) is 12.0 Å². The van der Waals surface area contributed by atoms with Crippen molar-refractivity contribution in [3.05, 3.63) is 63.3 Å². The summed E-state index contributed by atoms with van der Waals surface area (Å²) in [6.45, 7) is 2.02. The topological polar surface area (TPSA) is 93.9 Å². The van der Waals surface area contributed by atoms with Crippen LogP contribution >= 0.6 is 12.2 Å². The number of anilines is 1. The molecule has 0 spiro atoms. The molecule has 3 rings (SSSR count). The van der Waals surface area contributed by atoms with Crippen LogP contribution in [0.5, 0.6) is 11.5 Å². The standard InChI is InChI=1S/C20H19N3O5S/c1-4-12-6-5-7-14(8-12)22-19(24)15(21-20(22)29)9-13-10-17(27-2)18(28-3)11-16(13)23(25)26/h5-11H,4H2,1-3H3,(H,21,29)/b15-9+. The number of carbonyl (C=O) groups is 1. The minimum absolute atomic E-state index is 0.132. The Bertz CT molecular complexity index is 1030. The second-order valence-electron chi connectivity index (χ2n) is 6.18. The van der Waals surface area contributed by atoms with Crippen LogP contribution in [0.25, 0.3) is 6.08 Å². The molecule has 0 bridgehead atoms. The molecule has 0 aliphatic carbocycles. The molecule has 150 valence electrons. The molecule has 1 amide bonds. The average molecular weight is 413 g/mol. The van der Waals surface area contributed by atoms with Crippen molar-refractivity contribution in [3.63, 3.8) is 0 Å². The van der Waals surface area contributed by atoms with Gasteiger partial charge in [-0.1, -0.05) is 19.1 Å². The van der Waals surface area contributed by atoms with Crippen LogP contribution in [0.2, 0.25) is 0 Å². The number of amides is 1. The van der Waals surface area contributed by atoms with Crippen LogP contribution in [0, 0.1) is 10.1 Å². The number of nitro benzene ring substituents is 1. The van der Waals surface area contributed by atoms with E-state index in [2.05, 4.69) is 5.32 Å². The third-order valence-corrected chi connectivity index (χ3v) is 4.77. The first kappa shape index (κ1) is 20.3. The van der Waals surface area contributed by atoms with Gasteiger partial charge in [0.05, 0.1) is 36.5 Å². The molecule has 8 nitrogen and oxygen atoms in total. The molecule has 0 unspecified atom stereocenters. The molecular weight excluding hydrogens is 394 g/mol. The molecule has 0 atom stereocenters. The summed E-state index contributed by atoms with van der Waals surface area (Å²) in [5, 5.41) is 14.6. The second kappa shape index (κ2) is 8.27. The van der Waals surface area contributed by atoms with Crippen molar-refractivity contribution in [2.45, 2.75) is 13.3 Å². The van der Waals surface area contributed by atoms with Gasteiger partial charge in [0.1, 0.15) is 5.70 Å². The van der Waals surface area contributed by atoms with Gasteiger partial charge in [-0.2, -0.15) is 0 Å². The summed E-state index contributed by atoms with van der Waals surface area (Å²) in [5.74, 6) is 0.137.